The van der Waals surface area contributed by atoms with Crippen molar-refractivity contribution in [1.82, 2.24) is 9.80 Å². The van der Waals surface area contributed by atoms with Gasteiger partial charge in [0.05, 0.1) is 6.61 Å². The molecule has 4 heteroatoms. The molecule has 0 spiro atoms. The number of hydrogen-bond acceptors (Lipinski definition) is 4. The first-order chi connectivity index (χ1) is 8.34. The third-order valence-electron chi connectivity index (χ3n) is 4.68. The molecule has 98 valence electrons. The number of ether oxygens (including phenoxy) is 1. The molecular formula is C13H25N3O. The van der Waals surface area contributed by atoms with Crippen LogP contribution in [0.3, 0.4) is 0 Å². The number of fused-ring (bicyclic) bond motifs is 1. The Bertz CT molecular complexity index is 261. The zero-order valence-corrected chi connectivity index (χ0v) is 10.7. The second-order valence-corrected chi connectivity index (χ2v) is 5.78. The summed E-state index contributed by atoms with van der Waals surface area (Å²) in [7, 11) is 0. The smallest absolute Gasteiger partial charge is 0.0636 e. The molecule has 3 heterocycles. The molecule has 3 saturated heterocycles. The van der Waals surface area contributed by atoms with E-state index in [0.717, 1.165) is 25.7 Å². The van der Waals surface area contributed by atoms with Crippen LogP contribution < -0.4 is 5.73 Å². The normalized spacial score (nSPS) is 41.1. The minimum Gasteiger partial charge on any atom is -0.380 e. The van der Waals surface area contributed by atoms with Crippen LogP contribution in [0.25, 0.3) is 0 Å². The second-order valence-electron chi connectivity index (χ2n) is 5.78. The molecule has 0 aromatic heterocycles. The van der Waals surface area contributed by atoms with Crippen LogP contribution in [0.1, 0.15) is 25.7 Å². The number of nitrogens with zero attached hydrogens (tertiary/aromatic N) is 2. The summed E-state index contributed by atoms with van der Waals surface area (Å²) in [6.07, 6.45) is 5.07. The molecule has 3 rings (SSSR count). The van der Waals surface area contributed by atoms with Crippen molar-refractivity contribution in [2.75, 3.05) is 39.4 Å². The fourth-order valence-electron chi connectivity index (χ4n) is 3.65. The molecule has 17 heavy (non-hydrogen) atoms. The van der Waals surface area contributed by atoms with Gasteiger partial charge < -0.3 is 10.5 Å². The van der Waals surface area contributed by atoms with Gasteiger partial charge in [-0.25, -0.2) is 0 Å². The Labute approximate surface area is 104 Å². The van der Waals surface area contributed by atoms with E-state index in [2.05, 4.69) is 9.80 Å². The molecule has 0 aromatic rings. The van der Waals surface area contributed by atoms with Crippen LogP contribution in [0.15, 0.2) is 0 Å². The molecule has 3 fully saturated rings. The van der Waals surface area contributed by atoms with Crippen molar-refractivity contribution < 1.29 is 4.74 Å². The number of nitrogens with two attached hydrogens (primary N) is 1. The van der Waals surface area contributed by atoms with Crippen LogP contribution in [0, 0.1) is 0 Å². The molecular weight excluding hydrogens is 214 g/mol. The van der Waals surface area contributed by atoms with E-state index in [-0.39, 0.29) is 0 Å². The maximum Gasteiger partial charge on any atom is 0.0636 e. The lowest BCUT2D eigenvalue weighted by Crippen LogP contribution is -2.55. The highest BCUT2D eigenvalue weighted by molar-refractivity contribution is 4.91. The molecule has 4 nitrogen and oxygen atoms in total. The molecule has 0 saturated carbocycles. The first-order valence-electron chi connectivity index (χ1n) is 7.16. The van der Waals surface area contributed by atoms with E-state index in [1.807, 2.05) is 0 Å². The van der Waals surface area contributed by atoms with E-state index in [1.165, 1.54) is 45.4 Å². The molecule has 2 N–H and O–H groups in total. The average Bonchev–Trinajstić information content (AvgIpc) is 2.68. The van der Waals surface area contributed by atoms with Crippen molar-refractivity contribution in [3.05, 3.63) is 0 Å². The zero-order chi connectivity index (χ0) is 11.7. The summed E-state index contributed by atoms with van der Waals surface area (Å²) in [5.41, 5.74) is 6.26. The fourth-order valence-corrected chi connectivity index (χ4v) is 3.65. The predicted octanol–water partition coefficient (Wildman–Crippen LogP) is 0.273. The number of rotatable bonds is 1. The molecule has 3 aliphatic heterocycles. The van der Waals surface area contributed by atoms with E-state index in [9.17, 15) is 0 Å². The Balaban J connectivity index is 1.65. The molecule has 3 aliphatic rings. The summed E-state index contributed by atoms with van der Waals surface area (Å²) in [4.78, 5) is 5.29. The topological polar surface area (TPSA) is 41.7 Å². The van der Waals surface area contributed by atoms with Crippen LogP contribution in [-0.4, -0.2) is 67.3 Å². The second kappa shape index (κ2) is 5.22. The lowest BCUT2D eigenvalue weighted by atomic mass is 10.0. The minimum atomic E-state index is 0.316. The van der Waals surface area contributed by atoms with Crippen molar-refractivity contribution >= 4 is 0 Å². The SMILES string of the molecule is NC1CCOCC1N1CCCN2CCCC2C1. The Morgan fingerprint density at radius 2 is 1.82 bits per heavy atom. The van der Waals surface area contributed by atoms with Crippen molar-refractivity contribution in [3.63, 3.8) is 0 Å². The highest BCUT2D eigenvalue weighted by atomic mass is 16.5. The molecule has 3 atom stereocenters. The van der Waals surface area contributed by atoms with Gasteiger partial charge in [0.1, 0.15) is 0 Å². The van der Waals surface area contributed by atoms with Gasteiger partial charge in [0, 0.05) is 31.3 Å². The molecule has 0 radical (unpaired) electrons. The van der Waals surface area contributed by atoms with Crippen LogP contribution in [0.4, 0.5) is 0 Å². The summed E-state index contributed by atoms with van der Waals surface area (Å²) in [5, 5.41) is 0. The van der Waals surface area contributed by atoms with E-state index in [4.69, 9.17) is 10.5 Å². The van der Waals surface area contributed by atoms with E-state index >= 15 is 0 Å². The molecule has 3 unspecified atom stereocenters. The third kappa shape index (κ3) is 2.50. The minimum absolute atomic E-state index is 0.316. The van der Waals surface area contributed by atoms with Crippen LogP contribution in [-0.2, 0) is 4.74 Å². The maximum absolute atomic E-state index is 6.26. The van der Waals surface area contributed by atoms with Crippen LogP contribution in [0.2, 0.25) is 0 Å². The van der Waals surface area contributed by atoms with Crippen molar-refractivity contribution in [1.29, 1.82) is 0 Å². The van der Waals surface area contributed by atoms with Gasteiger partial charge in [0.15, 0.2) is 0 Å². The summed E-state index contributed by atoms with van der Waals surface area (Å²) in [6.45, 7) is 6.70. The summed E-state index contributed by atoms with van der Waals surface area (Å²) < 4.78 is 5.62. The van der Waals surface area contributed by atoms with Gasteiger partial charge in [-0.2, -0.15) is 0 Å². The highest BCUT2D eigenvalue weighted by Gasteiger charge is 2.34. The van der Waals surface area contributed by atoms with Crippen LogP contribution in [0.5, 0.6) is 0 Å². The van der Waals surface area contributed by atoms with Gasteiger partial charge in [-0.3, -0.25) is 9.80 Å². The van der Waals surface area contributed by atoms with Gasteiger partial charge >= 0.3 is 0 Å². The largest absolute Gasteiger partial charge is 0.380 e. The maximum atomic E-state index is 6.26. The first kappa shape index (κ1) is 11.9. The monoisotopic (exact) mass is 239 g/mol. The van der Waals surface area contributed by atoms with Gasteiger partial charge in [0.2, 0.25) is 0 Å². The Kier molecular flexibility index (Phi) is 3.66. The van der Waals surface area contributed by atoms with Crippen molar-refractivity contribution in [2.24, 2.45) is 5.73 Å². The lowest BCUT2D eigenvalue weighted by Gasteiger charge is -2.38. The first-order valence-corrected chi connectivity index (χ1v) is 7.16. The summed E-state index contributed by atoms with van der Waals surface area (Å²) in [6, 6.07) is 1.56. The van der Waals surface area contributed by atoms with E-state index in [0.29, 0.717) is 12.1 Å². The number of hydrogen-bond donors (Lipinski definition) is 1. The predicted molar refractivity (Wildman–Crippen MR) is 68.0 cm³/mol. The highest BCUT2D eigenvalue weighted by Crippen LogP contribution is 2.24. The molecule has 0 aromatic carbocycles. The average molecular weight is 239 g/mol. The van der Waals surface area contributed by atoms with E-state index < -0.39 is 0 Å². The summed E-state index contributed by atoms with van der Waals surface area (Å²) >= 11 is 0. The quantitative estimate of drug-likeness (QED) is 0.713. The standard InChI is InChI=1S/C13H25N3O/c14-12-4-8-17-10-13(12)16-7-2-6-15-5-1-3-11(15)9-16/h11-13H,1-10,14H2. The summed E-state index contributed by atoms with van der Waals surface area (Å²) in [5.74, 6) is 0. The lowest BCUT2D eigenvalue weighted by molar-refractivity contribution is 0.00383. The van der Waals surface area contributed by atoms with Gasteiger partial charge in [-0.15, -0.1) is 0 Å². The Morgan fingerprint density at radius 3 is 2.71 bits per heavy atom. The van der Waals surface area contributed by atoms with Crippen molar-refractivity contribution in [2.45, 2.75) is 43.8 Å². The fraction of sp³-hybridized carbons (Fsp3) is 1.00. The van der Waals surface area contributed by atoms with Gasteiger partial charge in [-0.05, 0) is 45.3 Å². The van der Waals surface area contributed by atoms with Gasteiger partial charge in [-0.1, -0.05) is 0 Å². The molecule has 0 aliphatic carbocycles. The third-order valence-corrected chi connectivity index (χ3v) is 4.68. The Hall–Kier alpha value is -0.160. The van der Waals surface area contributed by atoms with E-state index in [1.54, 1.807) is 0 Å². The molecule has 0 amide bonds. The van der Waals surface area contributed by atoms with Crippen molar-refractivity contribution in [3.8, 4) is 0 Å². The van der Waals surface area contributed by atoms with Gasteiger partial charge in [0.25, 0.3) is 0 Å². The molecule has 0 bridgehead atoms. The Morgan fingerprint density at radius 1 is 1.00 bits per heavy atom. The zero-order valence-electron chi connectivity index (χ0n) is 10.7. The van der Waals surface area contributed by atoms with Crippen LogP contribution >= 0.6 is 0 Å².